The maximum Gasteiger partial charge on any atom is 0.0443 e. The van der Waals surface area contributed by atoms with E-state index in [1.54, 1.807) is 0 Å². The molecule has 4 aromatic carbocycles. The van der Waals surface area contributed by atoms with Crippen molar-refractivity contribution in [3.8, 4) is 0 Å². The SMILES string of the molecule is CCCCCCN(C)c1ccccc1C(=CC=CC(c1ccc(N(C)C)cc1)c1ccc(N(C)C)cc1)c1ccc(N(C)C)cc1. The second kappa shape index (κ2) is 16.7. The number of benzene rings is 4. The Morgan fingerprint density at radius 2 is 1.09 bits per heavy atom. The van der Waals surface area contributed by atoms with E-state index in [1.165, 1.54) is 76.3 Å². The molecule has 0 saturated carbocycles. The zero-order valence-corrected chi connectivity index (χ0v) is 29.4. The van der Waals surface area contributed by atoms with Gasteiger partial charge < -0.3 is 19.6 Å². The van der Waals surface area contributed by atoms with Crippen LogP contribution in [0.5, 0.6) is 0 Å². The van der Waals surface area contributed by atoms with Crippen LogP contribution >= 0.6 is 0 Å². The maximum absolute atomic E-state index is 2.43. The van der Waals surface area contributed by atoms with Crippen LogP contribution < -0.4 is 19.6 Å². The molecular formula is C42H54N4. The van der Waals surface area contributed by atoms with Gasteiger partial charge in [0.1, 0.15) is 0 Å². The van der Waals surface area contributed by atoms with Gasteiger partial charge in [0.15, 0.2) is 0 Å². The fourth-order valence-corrected chi connectivity index (χ4v) is 5.85. The molecule has 0 spiro atoms. The van der Waals surface area contributed by atoms with Gasteiger partial charge in [0, 0.05) is 90.1 Å². The van der Waals surface area contributed by atoms with Gasteiger partial charge in [-0.1, -0.05) is 99.0 Å². The molecule has 0 aliphatic rings. The van der Waals surface area contributed by atoms with Gasteiger partial charge in [-0.3, -0.25) is 0 Å². The molecule has 0 aliphatic carbocycles. The Balaban J connectivity index is 1.78. The lowest BCUT2D eigenvalue weighted by Crippen LogP contribution is -2.19. The third-order valence-electron chi connectivity index (χ3n) is 8.75. The second-order valence-corrected chi connectivity index (χ2v) is 12.9. The Labute approximate surface area is 279 Å². The number of para-hydroxylation sites is 1. The molecule has 0 fully saturated rings. The molecule has 0 N–H and O–H groups in total. The van der Waals surface area contributed by atoms with Gasteiger partial charge in [-0.2, -0.15) is 0 Å². The quantitative estimate of drug-likeness (QED) is 0.0976. The summed E-state index contributed by atoms with van der Waals surface area (Å²) in [5.74, 6) is 0.123. The lowest BCUT2D eigenvalue weighted by Gasteiger charge is -2.24. The van der Waals surface area contributed by atoms with Crippen molar-refractivity contribution in [2.24, 2.45) is 0 Å². The Hall–Kier alpha value is -4.44. The maximum atomic E-state index is 2.43. The first kappa shape index (κ1) is 34.4. The topological polar surface area (TPSA) is 13.0 Å². The van der Waals surface area contributed by atoms with Crippen molar-refractivity contribution in [3.05, 3.63) is 138 Å². The van der Waals surface area contributed by atoms with E-state index < -0.39 is 0 Å². The molecule has 0 saturated heterocycles. The van der Waals surface area contributed by atoms with Gasteiger partial charge in [-0.25, -0.2) is 0 Å². The number of allylic oxidation sites excluding steroid dienone is 3. The van der Waals surface area contributed by atoms with Crippen molar-refractivity contribution in [1.29, 1.82) is 0 Å². The zero-order valence-electron chi connectivity index (χ0n) is 29.4. The molecule has 0 radical (unpaired) electrons. The lowest BCUT2D eigenvalue weighted by molar-refractivity contribution is 0.661. The van der Waals surface area contributed by atoms with Crippen LogP contribution in [0.4, 0.5) is 22.7 Å². The second-order valence-electron chi connectivity index (χ2n) is 12.9. The molecular weight excluding hydrogens is 560 g/mol. The molecule has 0 aliphatic heterocycles. The van der Waals surface area contributed by atoms with Crippen molar-refractivity contribution >= 4 is 28.3 Å². The lowest BCUT2D eigenvalue weighted by atomic mass is 9.89. The molecule has 46 heavy (non-hydrogen) atoms. The van der Waals surface area contributed by atoms with Crippen molar-refractivity contribution in [1.82, 2.24) is 0 Å². The summed E-state index contributed by atoms with van der Waals surface area (Å²) in [6, 6.07) is 35.7. The van der Waals surface area contributed by atoms with E-state index in [0.717, 1.165) is 6.54 Å². The molecule has 242 valence electrons. The van der Waals surface area contributed by atoms with Gasteiger partial charge >= 0.3 is 0 Å². The van der Waals surface area contributed by atoms with E-state index in [-0.39, 0.29) is 5.92 Å². The molecule has 0 unspecified atom stereocenters. The van der Waals surface area contributed by atoms with Crippen LogP contribution in [0.1, 0.15) is 60.8 Å². The highest BCUT2D eigenvalue weighted by molar-refractivity contribution is 5.87. The first-order valence-corrected chi connectivity index (χ1v) is 16.7. The van der Waals surface area contributed by atoms with Gasteiger partial charge in [0.2, 0.25) is 0 Å². The summed E-state index contributed by atoms with van der Waals surface area (Å²) >= 11 is 0. The van der Waals surface area contributed by atoms with Gasteiger partial charge in [0.25, 0.3) is 0 Å². The highest BCUT2D eigenvalue weighted by atomic mass is 15.1. The Morgan fingerprint density at radius 1 is 0.587 bits per heavy atom. The monoisotopic (exact) mass is 614 g/mol. The molecule has 4 nitrogen and oxygen atoms in total. The van der Waals surface area contributed by atoms with Gasteiger partial charge in [0.05, 0.1) is 0 Å². The average molecular weight is 615 g/mol. The number of nitrogens with zero attached hydrogens (tertiary/aromatic N) is 4. The molecule has 4 rings (SSSR count). The fraction of sp³-hybridized carbons (Fsp3) is 0.333. The molecule has 0 bridgehead atoms. The summed E-state index contributed by atoms with van der Waals surface area (Å²) in [6.07, 6.45) is 11.9. The van der Waals surface area contributed by atoms with Crippen LogP contribution in [-0.2, 0) is 0 Å². The van der Waals surface area contributed by atoms with Crippen molar-refractivity contribution in [3.63, 3.8) is 0 Å². The van der Waals surface area contributed by atoms with E-state index in [1.807, 2.05) is 0 Å². The number of unbranched alkanes of at least 4 members (excludes halogenated alkanes) is 3. The molecule has 0 heterocycles. The van der Waals surface area contributed by atoms with Gasteiger partial charge in [-0.15, -0.1) is 0 Å². The number of hydrogen-bond donors (Lipinski definition) is 0. The van der Waals surface area contributed by atoms with E-state index in [0.29, 0.717) is 0 Å². The molecule has 0 amide bonds. The summed E-state index contributed by atoms with van der Waals surface area (Å²) in [4.78, 5) is 8.88. The summed E-state index contributed by atoms with van der Waals surface area (Å²) in [5, 5.41) is 0. The van der Waals surface area contributed by atoms with Crippen LogP contribution in [-0.4, -0.2) is 55.9 Å². The minimum atomic E-state index is 0.123. The van der Waals surface area contributed by atoms with Crippen LogP contribution in [0, 0.1) is 0 Å². The number of anilines is 4. The minimum absolute atomic E-state index is 0.123. The standard InChI is InChI=1S/C42H54N4/c1-9-10-11-14-32-46(8)42-19-13-12-16-41(42)40(35-24-30-38(31-25-35)45(6)7)18-15-17-39(33-20-26-36(27-21-33)43(2)3)34-22-28-37(29-23-34)44(4)5/h12-13,15-31,39H,9-11,14,32H2,1-8H3. The highest BCUT2D eigenvalue weighted by Crippen LogP contribution is 2.34. The Bertz CT molecular complexity index is 1490. The average Bonchev–Trinajstić information content (AvgIpc) is 3.07. The first-order valence-electron chi connectivity index (χ1n) is 16.7. The first-order chi connectivity index (χ1) is 22.2. The van der Waals surface area contributed by atoms with Crippen molar-refractivity contribution in [2.75, 3.05) is 75.5 Å². The van der Waals surface area contributed by atoms with E-state index in [9.17, 15) is 0 Å². The summed E-state index contributed by atoms with van der Waals surface area (Å²) in [7, 11) is 14.8. The summed E-state index contributed by atoms with van der Waals surface area (Å²) in [6.45, 7) is 3.32. The van der Waals surface area contributed by atoms with Crippen LogP contribution in [0.15, 0.2) is 115 Å². The van der Waals surface area contributed by atoms with E-state index in [4.69, 9.17) is 0 Å². The predicted molar refractivity (Wildman–Crippen MR) is 204 cm³/mol. The molecule has 4 aromatic rings. The highest BCUT2D eigenvalue weighted by Gasteiger charge is 2.15. The number of rotatable bonds is 15. The van der Waals surface area contributed by atoms with E-state index in [2.05, 4.69) is 191 Å². The summed E-state index contributed by atoms with van der Waals surface area (Å²) < 4.78 is 0. The molecule has 0 aromatic heterocycles. The van der Waals surface area contributed by atoms with E-state index >= 15 is 0 Å². The largest absolute Gasteiger partial charge is 0.378 e. The van der Waals surface area contributed by atoms with Crippen LogP contribution in [0.2, 0.25) is 0 Å². The van der Waals surface area contributed by atoms with Crippen LogP contribution in [0.3, 0.4) is 0 Å². The van der Waals surface area contributed by atoms with Crippen molar-refractivity contribution < 1.29 is 0 Å². The zero-order chi connectivity index (χ0) is 33.1. The minimum Gasteiger partial charge on any atom is -0.378 e. The normalized spacial score (nSPS) is 11.7. The smallest absolute Gasteiger partial charge is 0.0443 e. The Morgan fingerprint density at radius 3 is 1.59 bits per heavy atom. The van der Waals surface area contributed by atoms with Crippen LogP contribution in [0.25, 0.3) is 5.57 Å². The molecule has 0 atom stereocenters. The summed E-state index contributed by atoms with van der Waals surface area (Å²) in [5.41, 5.74) is 11.1. The third-order valence-corrected chi connectivity index (χ3v) is 8.75. The van der Waals surface area contributed by atoms with Gasteiger partial charge in [-0.05, 0) is 71.1 Å². The Kier molecular flexibility index (Phi) is 12.5. The third kappa shape index (κ3) is 9.06. The molecule has 4 heteroatoms. The fourth-order valence-electron chi connectivity index (χ4n) is 5.85. The predicted octanol–water partition coefficient (Wildman–Crippen LogP) is 9.72. The number of hydrogen-bond acceptors (Lipinski definition) is 4. The van der Waals surface area contributed by atoms with Crippen molar-refractivity contribution in [2.45, 2.75) is 38.5 Å².